The van der Waals surface area contributed by atoms with E-state index >= 15 is 0 Å². The standard InChI is InChI=1S/C9H6N4/c1-2-12-9(11-1)8-7-5-10-3-6(7)4-13-8/h1-5,10H. The van der Waals surface area contributed by atoms with E-state index in [0.717, 1.165) is 16.8 Å². The van der Waals surface area contributed by atoms with Gasteiger partial charge in [0.25, 0.3) is 0 Å². The van der Waals surface area contributed by atoms with E-state index in [1.165, 1.54) is 0 Å². The molecule has 2 aliphatic heterocycles. The number of rotatable bonds is 0. The van der Waals surface area contributed by atoms with Gasteiger partial charge in [-0.1, -0.05) is 0 Å². The highest BCUT2D eigenvalue weighted by molar-refractivity contribution is 6.19. The predicted octanol–water partition coefficient (Wildman–Crippen LogP) is 1.23. The lowest BCUT2D eigenvalue weighted by molar-refractivity contribution is 1.27. The van der Waals surface area contributed by atoms with Crippen LogP contribution in [-0.2, 0) is 0 Å². The van der Waals surface area contributed by atoms with Crippen molar-refractivity contribution in [2.75, 3.05) is 0 Å². The van der Waals surface area contributed by atoms with Crippen LogP contribution in [0, 0.1) is 0 Å². The van der Waals surface area contributed by atoms with Crippen LogP contribution in [0.1, 0.15) is 11.1 Å². The fraction of sp³-hybridized carbons (Fsp3) is 0. The van der Waals surface area contributed by atoms with E-state index in [4.69, 9.17) is 0 Å². The highest BCUT2D eigenvalue weighted by Gasteiger charge is 2.17. The Hall–Kier alpha value is -1.97. The zero-order valence-corrected chi connectivity index (χ0v) is 6.73. The van der Waals surface area contributed by atoms with E-state index in [1.807, 2.05) is 18.6 Å². The summed E-state index contributed by atoms with van der Waals surface area (Å²) in [5, 5.41) is 0. The Morgan fingerprint density at radius 1 is 1.00 bits per heavy atom. The summed E-state index contributed by atoms with van der Waals surface area (Å²) in [5.41, 5.74) is 3.02. The fourth-order valence-corrected chi connectivity index (χ4v) is 1.43. The summed E-state index contributed by atoms with van der Waals surface area (Å²) in [6.45, 7) is 0. The van der Waals surface area contributed by atoms with Crippen molar-refractivity contribution in [3.63, 3.8) is 0 Å². The topological polar surface area (TPSA) is 52.9 Å². The molecule has 0 atom stereocenters. The molecule has 2 aliphatic rings. The van der Waals surface area contributed by atoms with Crippen molar-refractivity contribution in [2.24, 2.45) is 15.0 Å². The molecule has 0 amide bonds. The lowest BCUT2D eigenvalue weighted by Gasteiger charge is -1.94. The van der Waals surface area contributed by atoms with Gasteiger partial charge in [0.2, 0.25) is 0 Å². The third kappa shape index (κ3) is 0.823. The van der Waals surface area contributed by atoms with Crippen LogP contribution >= 0.6 is 0 Å². The molecule has 4 heteroatoms. The monoisotopic (exact) mass is 170 g/mol. The molecule has 0 saturated heterocycles. The zero-order chi connectivity index (χ0) is 8.67. The minimum absolute atomic E-state index is 0.689. The van der Waals surface area contributed by atoms with Crippen molar-refractivity contribution in [3.8, 4) is 0 Å². The molecule has 1 N–H and O–H groups in total. The Labute approximate surface area is 74.4 Å². The maximum atomic E-state index is 4.25. The number of hydrogen-bond acceptors (Lipinski definition) is 3. The maximum Gasteiger partial charge on any atom is 0.178 e. The van der Waals surface area contributed by atoms with Gasteiger partial charge >= 0.3 is 0 Å². The van der Waals surface area contributed by atoms with Crippen molar-refractivity contribution in [1.29, 1.82) is 0 Å². The number of nitrogens with zero attached hydrogens (tertiary/aromatic N) is 3. The van der Waals surface area contributed by atoms with Gasteiger partial charge in [-0.2, -0.15) is 0 Å². The number of aliphatic imine (C=N–C) groups is 3. The molecule has 0 spiro atoms. The number of hydrogen-bond donors (Lipinski definition) is 1. The van der Waals surface area contributed by atoms with E-state index in [0.29, 0.717) is 5.82 Å². The van der Waals surface area contributed by atoms with Crippen LogP contribution in [0.25, 0.3) is 5.70 Å². The van der Waals surface area contributed by atoms with Gasteiger partial charge in [-0.05, 0) is 0 Å². The average Bonchev–Trinajstić information content (AvgIpc) is 2.79. The Morgan fingerprint density at radius 2 is 1.85 bits per heavy atom. The number of H-pyrrole nitrogens is 1. The Kier molecular flexibility index (Phi) is 1.14. The maximum absolute atomic E-state index is 4.25. The van der Waals surface area contributed by atoms with Crippen molar-refractivity contribution < 1.29 is 0 Å². The molecule has 0 fully saturated rings. The second kappa shape index (κ2) is 2.26. The molecule has 13 heavy (non-hydrogen) atoms. The van der Waals surface area contributed by atoms with Crippen LogP contribution in [0.15, 0.2) is 33.2 Å². The number of aromatic amines is 1. The van der Waals surface area contributed by atoms with Gasteiger partial charge in [-0.3, -0.25) is 4.99 Å². The molecule has 0 radical (unpaired) electrons. The quantitative estimate of drug-likeness (QED) is 0.608. The van der Waals surface area contributed by atoms with Gasteiger partial charge < -0.3 is 4.98 Å². The molecule has 0 bridgehead atoms. The molecule has 3 rings (SSSR count). The van der Waals surface area contributed by atoms with E-state index in [2.05, 4.69) is 20.0 Å². The number of fused-ring (bicyclic) bond motifs is 1. The van der Waals surface area contributed by atoms with Crippen molar-refractivity contribution >= 4 is 24.3 Å². The van der Waals surface area contributed by atoms with Crippen molar-refractivity contribution in [2.45, 2.75) is 0 Å². The smallest absolute Gasteiger partial charge is 0.178 e. The van der Waals surface area contributed by atoms with Gasteiger partial charge in [0, 0.05) is 42.2 Å². The summed E-state index contributed by atoms with van der Waals surface area (Å²) in [5.74, 6) is 0.689. The lowest BCUT2D eigenvalue weighted by atomic mass is 10.2. The molecule has 1 aromatic heterocycles. The summed E-state index contributed by atoms with van der Waals surface area (Å²) < 4.78 is 0. The summed E-state index contributed by atoms with van der Waals surface area (Å²) in [6.07, 6.45) is 8.98. The van der Waals surface area contributed by atoms with Gasteiger partial charge in [0.05, 0.1) is 0 Å². The number of aromatic nitrogens is 1. The number of nitrogens with one attached hydrogen (secondary N) is 1. The van der Waals surface area contributed by atoms with E-state index in [9.17, 15) is 0 Å². The predicted molar refractivity (Wildman–Crippen MR) is 52.3 cm³/mol. The van der Waals surface area contributed by atoms with E-state index in [1.54, 1.807) is 12.4 Å². The first-order chi connectivity index (χ1) is 6.45. The van der Waals surface area contributed by atoms with Crippen molar-refractivity contribution in [1.82, 2.24) is 4.98 Å². The van der Waals surface area contributed by atoms with E-state index < -0.39 is 0 Å². The first-order valence-electron chi connectivity index (χ1n) is 3.97. The van der Waals surface area contributed by atoms with Crippen molar-refractivity contribution in [3.05, 3.63) is 29.3 Å². The third-order valence-electron chi connectivity index (χ3n) is 2.04. The highest BCUT2D eigenvalue weighted by Crippen LogP contribution is 2.29. The van der Waals surface area contributed by atoms with E-state index in [-0.39, 0.29) is 0 Å². The van der Waals surface area contributed by atoms with Crippen LogP contribution < -0.4 is 0 Å². The molecule has 0 unspecified atom stereocenters. The highest BCUT2D eigenvalue weighted by atomic mass is 15.0. The summed E-state index contributed by atoms with van der Waals surface area (Å²) in [4.78, 5) is 15.5. The molecule has 3 heterocycles. The molecular formula is C9H6N4. The van der Waals surface area contributed by atoms with Crippen LogP contribution in [0.3, 0.4) is 0 Å². The van der Waals surface area contributed by atoms with Gasteiger partial charge in [-0.15, -0.1) is 0 Å². The van der Waals surface area contributed by atoms with Crippen LogP contribution in [-0.4, -0.2) is 23.6 Å². The van der Waals surface area contributed by atoms with Gasteiger partial charge in [0.1, 0.15) is 5.70 Å². The minimum Gasteiger partial charge on any atom is -0.366 e. The minimum atomic E-state index is 0.689. The molecule has 62 valence electrons. The zero-order valence-electron chi connectivity index (χ0n) is 6.73. The molecule has 1 aromatic rings. The third-order valence-corrected chi connectivity index (χ3v) is 2.04. The van der Waals surface area contributed by atoms with Crippen LogP contribution in [0.5, 0.6) is 0 Å². The van der Waals surface area contributed by atoms with Crippen LogP contribution in [0.2, 0.25) is 0 Å². The Morgan fingerprint density at radius 3 is 2.69 bits per heavy atom. The second-order valence-electron chi connectivity index (χ2n) is 2.81. The molecule has 0 aliphatic carbocycles. The fourth-order valence-electron chi connectivity index (χ4n) is 1.43. The molecule has 0 aromatic carbocycles. The first kappa shape index (κ1) is 6.54. The summed E-state index contributed by atoms with van der Waals surface area (Å²) in [6, 6.07) is 0. The second-order valence-corrected chi connectivity index (χ2v) is 2.81. The normalized spacial score (nSPS) is 17.5. The SMILES string of the molecule is C1=NC(=C2N=Cc3c[nH]cc32)N=C1. The van der Waals surface area contributed by atoms with Gasteiger partial charge in [0.15, 0.2) is 5.82 Å². The summed E-state index contributed by atoms with van der Waals surface area (Å²) in [7, 11) is 0. The largest absolute Gasteiger partial charge is 0.366 e. The Bertz CT molecular complexity index is 460. The molecular weight excluding hydrogens is 164 g/mol. The lowest BCUT2D eigenvalue weighted by Crippen LogP contribution is -1.78. The molecule has 0 saturated carbocycles. The Balaban J connectivity index is 2.24. The molecule has 4 nitrogen and oxygen atoms in total. The first-order valence-corrected chi connectivity index (χ1v) is 3.97. The van der Waals surface area contributed by atoms with Crippen LogP contribution in [0.4, 0.5) is 0 Å². The van der Waals surface area contributed by atoms with Gasteiger partial charge in [-0.25, -0.2) is 9.98 Å². The summed E-state index contributed by atoms with van der Waals surface area (Å²) >= 11 is 0. The average molecular weight is 170 g/mol.